The Labute approximate surface area is 90.9 Å². The summed E-state index contributed by atoms with van der Waals surface area (Å²) in [7, 11) is 0. The number of carbonyl (C=O) groups excluding carboxylic acids is 1. The van der Waals surface area contributed by atoms with Gasteiger partial charge in [-0.15, -0.1) is 0 Å². The van der Waals surface area contributed by atoms with Gasteiger partial charge in [-0.1, -0.05) is 13.3 Å². The van der Waals surface area contributed by atoms with E-state index in [9.17, 15) is 9.90 Å². The molecular weight excluding hydrogens is 192 g/mol. The zero-order valence-electron chi connectivity index (χ0n) is 9.35. The van der Waals surface area contributed by atoms with Crippen molar-refractivity contribution in [1.82, 2.24) is 9.80 Å². The van der Waals surface area contributed by atoms with Crippen LogP contribution in [0.2, 0.25) is 0 Å². The lowest BCUT2D eigenvalue weighted by Gasteiger charge is -2.24. The number of aliphatic hydroxyl groups excluding tert-OH is 1. The van der Waals surface area contributed by atoms with Gasteiger partial charge in [-0.25, -0.2) is 4.79 Å². The summed E-state index contributed by atoms with van der Waals surface area (Å²) in [6.07, 6.45) is 2.72. The predicted molar refractivity (Wildman–Crippen MR) is 57.6 cm³/mol. The second-order valence-electron chi connectivity index (χ2n) is 4.68. The highest BCUT2D eigenvalue weighted by molar-refractivity contribution is 5.75. The number of nitrogens with zero attached hydrogens (tertiary/aromatic N) is 2. The van der Waals surface area contributed by atoms with Crippen LogP contribution in [0.1, 0.15) is 26.2 Å². The smallest absolute Gasteiger partial charge is 0.320 e. The summed E-state index contributed by atoms with van der Waals surface area (Å²) < 4.78 is 0. The van der Waals surface area contributed by atoms with Crippen LogP contribution in [0.15, 0.2) is 0 Å². The van der Waals surface area contributed by atoms with Crippen molar-refractivity contribution in [2.75, 3.05) is 26.2 Å². The van der Waals surface area contributed by atoms with Crippen LogP contribution < -0.4 is 0 Å². The minimum Gasteiger partial charge on any atom is -0.391 e. The molecule has 2 unspecified atom stereocenters. The Morgan fingerprint density at radius 3 is 2.47 bits per heavy atom. The molecule has 2 aliphatic rings. The maximum atomic E-state index is 12.0. The molecule has 4 nitrogen and oxygen atoms in total. The van der Waals surface area contributed by atoms with Crippen LogP contribution in [0.3, 0.4) is 0 Å². The van der Waals surface area contributed by atoms with E-state index in [0.717, 1.165) is 32.4 Å². The van der Waals surface area contributed by atoms with Crippen LogP contribution in [0, 0.1) is 5.92 Å². The fourth-order valence-electron chi connectivity index (χ4n) is 2.46. The minimum atomic E-state index is -0.307. The van der Waals surface area contributed by atoms with E-state index in [1.54, 1.807) is 4.90 Å². The molecule has 2 atom stereocenters. The third-order valence-corrected chi connectivity index (χ3v) is 3.57. The molecule has 2 fully saturated rings. The van der Waals surface area contributed by atoms with Crippen LogP contribution in [0.5, 0.6) is 0 Å². The molecule has 0 saturated carbocycles. The Balaban J connectivity index is 1.86. The van der Waals surface area contributed by atoms with Crippen LogP contribution in [-0.4, -0.2) is 53.2 Å². The van der Waals surface area contributed by atoms with Crippen molar-refractivity contribution in [3.63, 3.8) is 0 Å². The number of aliphatic hydroxyl groups is 1. The zero-order valence-corrected chi connectivity index (χ0v) is 9.35. The van der Waals surface area contributed by atoms with Gasteiger partial charge in [0, 0.05) is 26.2 Å². The fourth-order valence-corrected chi connectivity index (χ4v) is 2.46. The molecule has 0 bridgehead atoms. The summed E-state index contributed by atoms with van der Waals surface area (Å²) in [6, 6.07) is 0.127. The van der Waals surface area contributed by atoms with E-state index in [1.165, 1.54) is 0 Å². The molecule has 86 valence electrons. The number of carbonyl (C=O) groups is 1. The number of hydrogen-bond acceptors (Lipinski definition) is 2. The van der Waals surface area contributed by atoms with Gasteiger partial charge in [-0.3, -0.25) is 0 Å². The Kier molecular flexibility index (Phi) is 3.14. The molecule has 1 N–H and O–H groups in total. The van der Waals surface area contributed by atoms with Crippen LogP contribution >= 0.6 is 0 Å². The summed E-state index contributed by atoms with van der Waals surface area (Å²) in [6.45, 7) is 5.21. The standard InChI is InChI=1S/C11H20N2O2/c1-2-9-3-5-12(7-9)11(15)13-6-4-10(14)8-13/h9-10,14H,2-8H2,1H3. The molecule has 15 heavy (non-hydrogen) atoms. The minimum absolute atomic E-state index is 0.127. The number of β-amino-alcohol motifs (C(OH)–C–C–N with tert-alkyl or cyclic N) is 1. The average Bonchev–Trinajstić information content (AvgIpc) is 2.84. The highest BCUT2D eigenvalue weighted by Crippen LogP contribution is 2.21. The molecule has 0 aromatic rings. The highest BCUT2D eigenvalue weighted by atomic mass is 16.3. The second kappa shape index (κ2) is 4.39. The molecule has 2 rings (SSSR count). The van der Waals surface area contributed by atoms with Crippen molar-refractivity contribution < 1.29 is 9.90 Å². The lowest BCUT2D eigenvalue weighted by Crippen LogP contribution is -2.41. The van der Waals surface area contributed by atoms with Gasteiger partial charge in [0.05, 0.1) is 6.10 Å². The van der Waals surface area contributed by atoms with E-state index in [2.05, 4.69) is 6.92 Å². The van der Waals surface area contributed by atoms with E-state index < -0.39 is 0 Å². The van der Waals surface area contributed by atoms with Crippen LogP contribution in [0.4, 0.5) is 4.79 Å². The van der Waals surface area contributed by atoms with Gasteiger partial charge in [-0.05, 0) is 18.8 Å². The summed E-state index contributed by atoms with van der Waals surface area (Å²) >= 11 is 0. The van der Waals surface area contributed by atoms with Crippen molar-refractivity contribution in [2.45, 2.75) is 32.3 Å². The van der Waals surface area contributed by atoms with E-state index in [1.807, 2.05) is 4.90 Å². The number of amides is 2. The molecular formula is C11H20N2O2. The van der Waals surface area contributed by atoms with Gasteiger partial charge < -0.3 is 14.9 Å². The van der Waals surface area contributed by atoms with E-state index in [-0.39, 0.29) is 12.1 Å². The molecule has 0 aliphatic carbocycles. The third-order valence-electron chi connectivity index (χ3n) is 3.57. The molecule has 4 heteroatoms. The maximum Gasteiger partial charge on any atom is 0.320 e. The molecule has 2 amide bonds. The van der Waals surface area contributed by atoms with Crippen molar-refractivity contribution >= 4 is 6.03 Å². The topological polar surface area (TPSA) is 43.8 Å². The first-order valence-electron chi connectivity index (χ1n) is 5.92. The number of likely N-dealkylation sites (tertiary alicyclic amines) is 2. The van der Waals surface area contributed by atoms with Crippen molar-refractivity contribution in [3.8, 4) is 0 Å². The zero-order chi connectivity index (χ0) is 10.8. The van der Waals surface area contributed by atoms with Crippen LogP contribution in [0.25, 0.3) is 0 Å². The second-order valence-corrected chi connectivity index (χ2v) is 4.68. The van der Waals surface area contributed by atoms with Gasteiger partial charge in [0.25, 0.3) is 0 Å². The van der Waals surface area contributed by atoms with Gasteiger partial charge in [0.2, 0.25) is 0 Å². The molecule has 0 radical (unpaired) electrons. The molecule has 2 heterocycles. The van der Waals surface area contributed by atoms with E-state index >= 15 is 0 Å². The first-order valence-corrected chi connectivity index (χ1v) is 5.92. The van der Waals surface area contributed by atoms with Gasteiger partial charge in [0.1, 0.15) is 0 Å². The lowest BCUT2D eigenvalue weighted by atomic mass is 10.1. The summed E-state index contributed by atoms with van der Waals surface area (Å²) in [4.78, 5) is 15.7. The Bertz CT molecular complexity index is 245. The molecule has 0 aromatic carbocycles. The molecule has 0 spiro atoms. The van der Waals surface area contributed by atoms with Crippen LogP contribution in [-0.2, 0) is 0 Å². The molecule has 2 aliphatic heterocycles. The first-order chi connectivity index (χ1) is 7.20. The average molecular weight is 212 g/mol. The van der Waals surface area contributed by atoms with Crippen molar-refractivity contribution in [2.24, 2.45) is 5.92 Å². The van der Waals surface area contributed by atoms with Gasteiger partial charge >= 0.3 is 6.03 Å². The maximum absolute atomic E-state index is 12.0. The quantitative estimate of drug-likeness (QED) is 0.702. The SMILES string of the molecule is CCC1CCN(C(=O)N2CCC(O)C2)C1. The fraction of sp³-hybridized carbons (Fsp3) is 0.909. The summed E-state index contributed by atoms with van der Waals surface area (Å²) in [5, 5.41) is 9.38. The van der Waals surface area contributed by atoms with Gasteiger partial charge in [0.15, 0.2) is 0 Å². The van der Waals surface area contributed by atoms with Gasteiger partial charge in [-0.2, -0.15) is 0 Å². The first kappa shape index (κ1) is 10.7. The van der Waals surface area contributed by atoms with E-state index in [4.69, 9.17) is 0 Å². The largest absolute Gasteiger partial charge is 0.391 e. The Morgan fingerprint density at radius 2 is 1.93 bits per heavy atom. The van der Waals surface area contributed by atoms with Crippen molar-refractivity contribution in [3.05, 3.63) is 0 Å². The summed E-state index contributed by atoms with van der Waals surface area (Å²) in [5.41, 5.74) is 0. The monoisotopic (exact) mass is 212 g/mol. The third kappa shape index (κ3) is 2.25. The number of rotatable bonds is 1. The van der Waals surface area contributed by atoms with E-state index in [0.29, 0.717) is 19.0 Å². The Hall–Kier alpha value is -0.770. The predicted octanol–water partition coefficient (Wildman–Crippen LogP) is 0.905. The van der Waals surface area contributed by atoms with Crippen molar-refractivity contribution in [1.29, 1.82) is 0 Å². The molecule has 2 saturated heterocycles. The summed E-state index contributed by atoms with van der Waals surface area (Å²) in [5.74, 6) is 0.682. The lowest BCUT2D eigenvalue weighted by molar-refractivity contribution is 0.152. The Morgan fingerprint density at radius 1 is 1.27 bits per heavy atom. The highest BCUT2D eigenvalue weighted by Gasteiger charge is 2.31. The number of urea groups is 1. The number of hydrogen-bond donors (Lipinski definition) is 1. The molecule has 0 aromatic heterocycles. The normalized spacial score (nSPS) is 31.3.